The molecule has 3 rings (SSSR count). The summed E-state index contributed by atoms with van der Waals surface area (Å²) in [6, 6.07) is 1.75. The first-order chi connectivity index (χ1) is 9.99. The van der Waals surface area contributed by atoms with Crippen LogP contribution in [-0.2, 0) is 11.3 Å². The van der Waals surface area contributed by atoms with Gasteiger partial charge < -0.3 is 5.11 Å². The van der Waals surface area contributed by atoms with Crippen LogP contribution in [0.15, 0.2) is 28.0 Å². The Hall–Kier alpha value is -2.68. The molecule has 3 aromatic heterocycles. The number of carbonyl (C=O) groups is 1. The molecule has 0 fully saturated rings. The standard InChI is InChI=1S/C12H10N4O4S/c1-6-8-9(21-11(6)16-4-2-3-13-16)14-12(20)15(10(8)19)5-7(17)18/h2-4H,5H2,1H3,(H,14,20)(H,17,18). The minimum Gasteiger partial charge on any atom is -0.480 e. The fourth-order valence-corrected chi connectivity index (χ4v) is 3.26. The lowest BCUT2D eigenvalue weighted by molar-refractivity contribution is -0.137. The molecule has 0 aliphatic heterocycles. The fraction of sp³-hybridized carbons (Fsp3) is 0.167. The van der Waals surface area contributed by atoms with Gasteiger partial charge in [-0.05, 0) is 13.0 Å². The molecule has 0 bridgehead atoms. The molecule has 2 N–H and O–H groups in total. The van der Waals surface area contributed by atoms with E-state index in [1.54, 1.807) is 30.1 Å². The molecule has 0 aliphatic carbocycles. The molecule has 108 valence electrons. The molecule has 3 heterocycles. The van der Waals surface area contributed by atoms with Crippen molar-refractivity contribution in [3.8, 4) is 5.00 Å². The van der Waals surface area contributed by atoms with E-state index in [2.05, 4.69) is 10.1 Å². The van der Waals surface area contributed by atoms with Gasteiger partial charge in [-0.2, -0.15) is 5.10 Å². The van der Waals surface area contributed by atoms with Gasteiger partial charge in [-0.15, -0.1) is 0 Å². The van der Waals surface area contributed by atoms with Crippen molar-refractivity contribution in [3.63, 3.8) is 0 Å². The van der Waals surface area contributed by atoms with Crippen LogP contribution in [0.3, 0.4) is 0 Å². The highest BCUT2D eigenvalue weighted by atomic mass is 32.1. The number of aryl methyl sites for hydroxylation is 1. The minimum absolute atomic E-state index is 0.311. The molecule has 0 spiro atoms. The third-order valence-corrected chi connectivity index (χ3v) is 4.25. The number of hydrogen-bond donors (Lipinski definition) is 2. The van der Waals surface area contributed by atoms with Crippen LogP contribution < -0.4 is 11.2 Å². The predicted octanol–water partition coefficient (Wildman–Crippen LogP) is 0.330. The van der Waals surface area contributed by atoms with E-state index in [1.807, 2.05) is 0 Å². The molecule has 9 heteroatoms. The zero-order valence-electron chi connectivity index (χ0n) is 10.9. The van der Waals surface area contributed by atoms with Crippen LogP contribution in [0.1, 0.15) is 5.56 Å². The number of H-pyrrole nitrogens is 1. The van der Waals surface area contributed by atoms with Crippen LogP contribution >= 0.6 is 11.3 Å². The Labute approximate surface area is 120 Å². The predicted molar refractivity (Wildman–Crippen MR) is 76.2 cm³/mol. The summed E-state index contributed by atoms with van der Waals surface area (Å²) in [5, 5.41) is 13.9. The van der Waals surface area contributed by atoms with Crippen LogP contribution in [0.5, 0.6) is 0 Å². The number of aliphatic carboxylic acids is 1. The quantitative estimate of drug-likeness (QED) is 0.724. The second-order valence-corrected chi connectivity index (χ2v) is 5.40. The molecule has 21 heavy (non-hydrogen) atoms. The summed E-state index contributed by atoms with van der Waals surface area (Å²) < 4.78 is 2.27. The number of rotatable bonds is 3. The average molecular weight is 306 g/mol. The van der Waals surface area contributed by atoms with Gasteiger partial charge in [-0.25, -0.2) is 14.0 Å². The van der Waals surface area contributed by atoms with Crippen LogP contribution in [0, 0.1) is 6.92 Å². The number of aromatic nitrogens is 4. The Morgan fingerprint density at radius 3 is 2.86 bits per heavy atom. The number of fused-ring (bicyclic) bond motifs is 1. The van der Waals surface area contributed by atoms with Gasteiger partial charge in [0.15, 0.2) is 0 Å². The highest BCUT2D eigenvalue weighted by Gasteiger charge is 2.18. The number of thiophene rings is 1. The van der Waals surface area contributed by atoms with Crippen molar-refractivity contribution < 1.29 is 9.90 Å². The van der Waals surface area contributed by atoms with E-state index < -0.39 is 23.8 Å². The maximum atomic E-state index is 12.3. The Balaban J connectivity index is 2.34. The summed E-state index contributed by atoms with van der Waals surface area (Å²) in [6.45, 7) is 1.07. The van der Waals surface area contributed by atoms with Gasteiger partial charge in [0.1, 0.15) is 16.4 Å². The van der Waals surface area contributed by atoms with Gasteiger partial charge in [-0.3, -0.25) is 14.6 Å². The van der Waals surface area contributed by atoms with Crippen molar-refractivity contribution in [1.29, 1.82) is 0 Å². The lowest BCUT2D eigenvalue weighted by Crippen LogP contribution is -2.37. The van der Waals surface area contributed by atoms with E-state index in [9.17, 15) is 14.4 Å². The van der Waals surface area contributed by atoms with Gasteiger partial charge in [0, 0.05) is 18.0 Å². The molecular formula is C12H10N4O4S. The van der Waals surface area contributed by atoms with Crippen LogP contribution in [0.25, 0.3) is 15.2 Å². The Morgan fingerprint density at radius 2 is 2.24 bits per heavy atom. The van der Waals surface area contributed by atoms with Crippen molar-refractivity contribution in [2.45, 2.75) is 13.5 Å². The third-order valence-electron chi connectivity index (χ3n) is 3.05. The number of nitrogens with one attached hydrogen (secondary N) is 1. The van der Waals surface area contributed by atoms with Gasteiger partial charge in [0.05, 0.1) is 5.39 Å². The summed E-state index contributed by atoms with van der Waals surface area (Å²) in [5.41, 5.74) is -0.689. The lowest BCUT2D eigenvalue weighted by atomic mass is 10.2. The maximum Gasteiger partial charge on any atom is 0.329 e. The fourth-order valence-electron chi connectivity index (χ4n) is 2.13. The molecule has 0 atom stereocenters. The molecule has 0 aromatic carbocycles. The molecule has 0 aliphatic rings. The highest BCUT2D eigenvalue weighted by molar-refractivity contribution is 7.21. The van der Waals surface area contributed by atoms with Crippen LogP contribution in [0.4, 0.5) is 0 Å². The normalized spacial score (nSPS) is 11.1. The Morgan fingerprint density at radius 1 is 1.48 bits per heavy atom. The topological polar surface area (TPSA) is 110 Å². The van der Waals surface area contributed by atoms with Crippen molar-refractivity contribution >= 4 is 27.5 Å². The number of carboxylic acids is 1. The molecular weight excluding hydrogens is 296 g/mol. The van der Waals surface area contributed by atoms with Gasteiger partial charge >= 0.3 is 11.7 Å². The number of aromatic amines is 1. The molecule has 0 saturated carbocycles. The Kier molecular flexibility index (Phi) is 2.98. The van der Waals surface area contributed by atoms with E-state index >= 15 is 0 Å². The second-order valence-electron chi connectivity index (χ2n) is 4.40. The molecule has 0 saturated heterocycles. The summed E-state index contributed by atoms with van der Waals surface area (Å²) in [5.74, 6) is -1.25. The van der Waals surface area contributed by atoms with Gasteiger partial charge in [0.2, 0.25) is 0 Å². The third kappa shape index (κ3) is 2.07. The first kappa shape index (κ1) is 13.3. The summed E-state index contributed by atoms with van der Waals surface area (Å²) >= 11 is 1.22. The minimum atomic E-state index is -1.25. The number of carboxylic acid groups (broad SMARTS) is 1. The molecule has 0 radical (unpaired) electrons. The highest BCUT2D eigenvalue weighted by Crippen LogP contribution is 2.28. The van der Waals surface area contributed by atoms with Crippen molar-refractivity contribution in [2.75, 3.05) is 0 Å². The Bertz CT molecular complexity index is 948. The first-order valence-corrected chi connectivity index (χ1v) is 6.78. The van der Waals surface area contributed by atoms with Crippen LogP contribution in [-0.4, -0.2) is 30.4 Å². The second kappa shape index (κ2) is 4.70. The van der Waals surface area contributed by atoms with E-state index in [-0.39, 0.29) is 0 Å². The van der Waals surface area contributed by atoms with E-state index in [1.165, 1.54) is 11.3 Å². The SMILES string of the molecule is Cc1c(-n2cccn2)sc2[nH]c(=O)n(CC(=O)O)c(=O)c12. The first-order valence-electron chi connectivity index (χ1n) is 5.97. The van der Waals surface area contributed by atoms with Gasteiger partial charge in [0.25, 0.3) is 5.56 Å². The average Bonchev–Trinajstić information content (AvgIpc) is 3.02. The molecule has 3 aromatic rings. The zero-order valence-corrected chi connectivity index (χ0v) is 11.7. The van der Waals surface area contributed by atoms with Crippen LogP contribution in [0.2, 0.25) is 0 Å². The zero-order chi connectivity index (χ0) is 15.1. The maximum absolute atomic E-state index is 12.3. The summed E-state index contributed by atoms with van der Waals surface area (Å²) in [7, 11) is 0. The molecule has 8 nitrogen and oxygen atoms in total. The molecule has 0 amide bonds. The molecule has 0 unspecified atom stereocenters. The van der Waals surface area contributed by atoms with Crippen molar-refractivity contribution in [1.82, 2.24) is 19.3 Å². The summed E-state index contributed by atoms with van der Waals surface area (Å²) in [6.07, 6.45) is 3.33. The number of hydrogen-bond acceptors (Lipinski definition) is 5. The van der Waals surface area contributed by atoms with Crippen molar-refractivity contribution in [2.24, 2.45) is 0 Å². The number of nitrogens with zero attached hydrogens (tertiary/aromatic N) is 3. The smallest absolute Gasteiger partial charge is 0.329 e. The van der Waals surface area contributed by atoms with E-state index in [0.717, 1.165) is 0 Å². The lowest BCUT2D eigenvalue weighted by Gasteiger charge is -2.01. The summed E-state index contributed by atoms with van der Waals surface area (Å²) in [4.78, 5) is 37.9. The largest absolute Gasteiger partial charge is 0.480 e. The van der Waals surface area contributed by atoms with Gasteiger partial charge in [-0.1, -0.05) is 11.3 Å². The van der Waals surface area contributed by atoms with Crippen molar-refractivity contribution in [3.05, 3.63) is 44.9 Å². The van der Waals surface area contributed by atoms with E-state index in [4.69, 9.17) is 5.11 Å². The van der Waals surface area contributed by atoms with E-state index in [0.29, 0.717) is 25.3 Å². The monoisotopic (exact) mass is 306 g/mol.